The molecule has 3 aromatic rings. The van der Waals surface area contributed by atoms with Crippen molar-refractivity contribution in [3.8, 4) is 11.6 Å². The molecule has 2 aliphatic rings. The predicted molar refractivity (Wildman–Crippen MR) is 115 cm³/mol. The Hall–Kier alpha value is -2.85. The van der Waals surface area contributed by atoms with Crippen molar-refractivity contribution in [1.29, 1.82) is 0 Å². The van der Waals surface area contributed by atoms with Gasteiger partial charge in [-0.3, -0.25) is 9.51 Å². The molecule has 2 aliphatic carbocycles. The molecular formula is C21H29F2N7O2. The molecule has 0 aromatic carbocycles. The number of hydrogen-bond donors (Lipinski definition) is 2. The third-order valence-electron chi connectivity index (χ3n) is 6.56. The summed E-state index contributed by atoms with van der Waals surface area (Å²) in [4.78, 5) is 26.8. The van der Waals surface area contributed by atoms with Gasteiger partial charge in [0.2, 0.25) is 11.6 Å². The number of imidazole rings is 1. The average Bonchev–Trinajstić information content (AvgIpc) is 3.29. The van der Waals surface area contributed by atoms with Crippen molar-refractivity contribution in [3.05, 3.63) is 16.9 Å². The van der Waals surface area contributed by atoms with Crippen molar-refractivity contribution in [2.24, 2.45) is 18.9 Å². The van der Waals surface area contributed by atoms with Gasteiger partial charge in [-0.2, -0.15) is 0 Å². The molecular weight excluding hydrogens is 420 g/mol. The number of H-pyrrole nitrogens is 1. The van der Waals surface area contributed by atoms with E-state index in [1.54, 1.807) is 13.3 Å². The number of halogens is 2. The Bertz CT molecular complexity index is 1120. The van der Waals surface area contributed by atoms with Crippen molar-refractivity contribution >= 4 is 17.0 Å². The van der Waals surface area contributed by atoms with Crippen LogP contribution in [-0.2, 0) is 7.05 Å². The minimum atomic E-state index is -2.36. The highest BCUT2D eigenvalue weighted by Crippen LogP contribution is 2.37. The Morgan fingerprint density at radius 1 is 1.25 bits per heavy atom. The molecule has 32 heavy (non-hydrogen) atoms. The first-order valence-corrected chi connectivity index (χ1v) is 11.1. The number of nitrogens with one attached hydrogen (secondary N) is 2. The molecule has 3 heterocycles. The summed E-state index contributed by atoms with van der Waals surface area (Å²) in [6, 6.07) is 0.306. The van der Waals surface area contributed by atoms with E-state index >= 15 is 0 Å². The molecule has 2 atom stereocenters. The second-order valence-electron chi connectivity index (χ2n) is 8.90. The molecule has 2 fully saturated rings. The molecule has 0 spiro atoms. The first kappa shape index (κ1) is 22.3. The number of anilines is 1. The third-order valence-corrected chi connectivity index (χ3v) is 6.56. The fraction of sp³-hybridized carbons (Fsp3) is 0.667. The Morgan fingerprint density at radius 2 is 2.03 bits per heavy atom. The summed E-state index contributed by atoms with van der Waals surface area (Å²) in [7, 11) is 1.90. The number of aromatic nitrogens is 6. The number of rotatable bonds is 4. The zero-order chi connectivity index (χ0) is 22.9. The molecule has 0 amide bonds. The maximum Gasteiger partial charge on any atom is 0.439 e. The zero-order valence-electron chi connectivity index (χ0n) is 18.6. The average molecular weight is 450 g/mol. The van der Waals surface area contributed by atoms with Gasteiger partial charge in [-0.1, -0.05) is 24.9 Å². The van der Waals surface area contributed by atoms with Gasteiger partial charge in [-0.25, -0.2) is 28.5 Å². The molecule has 9 nitrogen and oxygen atoms in total. The van der Waals surface area contributed by atoms with Gasteiger partial charge in [0, 0.05) is 25.4 Å². The highest BCUT2D eigenvalue weighted by molar-refractivity contribution is 5.84. The first-order valence-electron chi connectivity index (χ1n) is 11.1. The van der Waals surface area contributed by atoms with Crippen LogP contribution < -0.4 is 11.1 Å². The van der Waals surface area contributed by atoms with Crippen molar-refractivity contribution in [1.82, 2.24) is 29.7 Å². The fourth-order valence-corrected chi connectivity index (χ4v) is 4.13. The van der Waals surface area contributed by atoms with Crippen molar-refractivity contribution in [2.45, 2.75) is 70.8 Å². The lowest BCUT2D eigenvalue weighted by Crippen LogP contribution is -2.31. The number of fused-ring (bicyclic) bond motifs is 1. The maximum absolute atomic E-state index is 12.6. The van der Waals surface area contributed by atoms with Gasteiger partial charge in [0.1, 0.15) is 5.52 Å². The Labute approximate surface area is 184 Å². The molecule has 2 saturated carbocycles. The standard InChI is InChI=1S/C14H17N7O2.C7H12F2/c1-7(8-4-3-5-8)16-11-9-10(15-6-21(9)2)17-12(18-11)13-19-14(22)23-20-13;1-6-4-2-3-5-7(6,8)9/h6-8H,3-5H2,1-2H3,(H,16,17,18)(H,19,20,22);6H,2-5H2,1H3. The van der Waals surface area contributed by atoms with E-state index < -0.39 is 11.7 Å². The van der Waals surface area contributed by atoms with Gasteiger partial charge < -0.3 is 9.88 Å². The zero-order valence-corrected chi connectivity index (χ0v) is 18.6. The molecule has 0 aliphatic heterocycles. The summed E-state index contributed by atoms with van der Waals surface area (Å²) >= 11 is 0. The minimum Gasteiger partial charge on any atom is -0.365 e. The van der Waals surface area contributed by atoms with Crippen LogP contribution in [0.3, 0.4) is 0 Å². The summed E-state index contributed by atoms with van der Waals surface area (Å²) < 4.78 is 31.6. The van der Waals surface area contributed by atoms with E-state index in [1.807, 2.05) is 11.6 Å². The number of hydrogen-bond acceptors (Lipinski definition) is 7. The first-order chi connectivity index (χ1) is 15.2. The minimum absolute atomic E-state index is 0.105. The van der Waals surface area contributed by atoms with Gasteiger partial charge in [-0.05, 0) is 38.5 Å². The number of alkyl halides is 2. The van der Waals surface area contributed by atoms with E-state index in [9.17, 15) is 13.6 Å². The highest BCUT2D eigenvalue weighted by Gasteiger charge is 2.37. The summed E-state index contributed by atoms with van der Waals surface area (Å²) in [6.45, 7) is 3.80. The third kappa shape index (κ3) is 4.66. The summed E-state index contributed by atoms with van der Waals surface area (Å²) in [5, 5.41) is 7.12. The Balaban J connectivity index is 0.000000230. The summed E-state index contributed by atoms with van der Waals surface area (Å²) in [6.07, 6.45) is 7.94. The van der Waals surface area contributed by atoms with E-state index in [2.05, 4.69) is 41.9 Å². The van der Waals surface area contributed by atoms with Crippen molar-refractivity contribution < 1.29 is 13.3 Å². The largest absolute Gasteiger partial charge is 0.439 e. The van der Waals surface area contributed by atoms with E-state index in [0.717, 1.165) is 11.9 Å². The van der Waals surface area contributed by atoms with E-state index in [4.69, 9.17) is 0 Å². The molecule has 0 saturated heterocycles. The van der Waals surface area contributed by atoms with Crippen LogP contribution in [-0.4, -0.2) is 41.6 Å². The summed E-state index contributed by atoms with van der Waals surface area (Å²) in [5.74, 6) is -1.56. The van der Waals surface area contributed by atoms with Gasteiger partial charge in [0.05, 0.1) is 6.33 Å². The van der Waals surface area contributed by atoms with E-state index in [1.165, 1.54) is 19.3 Å². The molecule has 2 N–H and O–H groups in total. The van der Waals surface area contributed by atoms with Gasteiger partial charge >= 0.3 is 5.76 Å². The molecule has 5 rings (SSSR count). The second kappa shape index (κ2) is 8.95. The van der Waals surface area contributed by atoms with Crippen LogP contribution in [0, 0.1) is 11.8 Å². The topological polar surface area (TPSA) is 115 Å². The monoisotopic (exact) mass is 449 g/mol. The van der Waals surface area contributed by atoms with Gasteiger partial charge in [0.15, 0.2) is 11.5 Å². The normalized spacial score (nSPS) is 21.5. The van der Waals surface area contributed by atoms with E-state index in [0.29, 0.717) is 36.3 Å². The van der Waals surface area contributed by atoms with Gasteiger partial charge in [0.25, 0.3) is 5.92 Å². The lowest BCUT2D eigenvalue weighted by atomic mass is 9.80. The molecule has 11 heteroatoms. The van der Waals surface area contributed by atoms with Crippen LogP contribution in [0.5, 0.6) is 0 Å². The SMILES string of the molecule is CC(Nc1nc(-c2noc(=O)[nH]2)nc2ncn(C)c12)C1CCC1.CC1CCCCC1(F)F. The summed E-state index contributed by atoms with van der Waals surface area (Å²) in [5.41, 5.74) is 1.37. The van der Waals surface area contributed by atoms with Crippen LogP contribution in [0.15, 0.2) is 15.6 Å². The number of nitrogens with zero attached hydrogens (tertiary/aromatic N) is 5. The smallest absolute Gasteiger partial charge is 0.365 e. The van der Waals surface area contributed by atoms with E-state index in [-0.39, 0.29) is 24.0 Å². The molecule has 2 unspecified atom stereocenters. The fourth-order valence-electron chi connectivity index (χ4n) is 4.13. The van der Waals surface area contributed by atoms with Crippen LogP contribution in [0.2, 0.25) is 0 Å². The predicted octanol–water partition coefficient (Wildman–Crippen LogP) is 4.14. The quantitative estimate of drug-likeness (QED) is 0.615. The highest BCUT2D eigenvalue weighted by atomic mass is 19.3. The number of aromatic amines is 1. The molecule has 174 valence electrons. The molecule has 3 aromatic heterocycles. The van der Waals surface area contributed by atoms with Crippen LogP contribution in [0.1, 0.15) is 58.8 Å². The molecule has 0 bridgehead atoms. The van der Waals surface area contributed by atoms with Crippen molar-refractivity contribution in [3.63, 3.8) is 0 Å². The molecule has 0 radical (unpaired) electrons. The lowest BCUT2D eigenvalue weighted by Gasteiger charge is -2.32. The lowest BCUT2D eigenvalue weighted by molar-refractivity contribution is -0.0783. The Morgan fingerprint density at radius 3 is 2.59 bits per heavy atom. The maximum atomic E-state index is 12.6. The van der Waals surface area contributed by atoms with Crippen LogP contribution in [0.4, 0.5) is 14.6 Å². The van der Waals surface area contributed by atoms with Crippen LogP contribution in [0.25, 0.3) is 22.8 Å². The number of aryl methyl sites for hydroxylation is 1. The van der Waals surface area contributed by atoms with Gasteiger partial charge in [-0.15, -0.1) is 0 Å². The van der Waals surface area contributed by atoms with Crippen molar-refractivity contribution in [2.75, 3.05) is 5.32 Å². The second-order valence-corrected chi connectivity index (χ2v) is 8.90. The Kier molecular flexibility index (Phi) is 6.25. The van der Waals surface area contributed by atoms with Crippen LogP contribution >= 0.6 is 0 Å².